The standard InChI is InChI=1S/C26H24F2N6O3/c1-26(2,3)22-14-23(34(33-22)16-6-4-5-15(27)11-16)32-25(36)31-20-8-7-17(12-19(20)28)37-18-9-10-30-21(13-18)24(29)35/h4-14H,1-3H3,(H2,29,35)(H2,31,32,36). The third-order valence-corrected chi connectivity index (χ3v) is 5.18. The van der Waals surface area contributed by atoms with Crippen molar-refractivity contribution in [1.29, 1.82) is 0 Å². The van der Waals surface area contributed by atoms with Crippen molar-refractivity contribution < 1.29 is 23.1 Å². The second-order valence-corrected chi connectivity index (χ2v) is 9.12. The van der Waals surface area contributed by atoms with Crippen LogP contribution in [0.25, 0.3) is 5.69 Å². The molecule has 0 saturated carbocycles. The lowest BCUT2D eigenvalue weighted by Crippen LogP contribution is -2.22. The van der Waals surface area contributed by atoms with Crippen molar-refractivity contribution in [3.8, 4) is 17.2 Å². The van der Waals surface area contributed by atoms with Crippen LogP contribution in [-0.4, -0.2) is 26.7 Å². The molecule has 0 aliphatic heterocycles. The van der Waals surface area contributed by atoms with Gasteiger partial charge in [0.05, 0.1) is 17.1 Å². The zero-order chi connectivity index (χ0) is 26.7. The van der Waals surface area contributed by atoms with E-state index in [-0.39, 0.29) is 34.1 Å². The topological polar surface area (TPSA) is 124 Å². The van der Waals surface area contributed by atoms with Gasteiger partial charge in [-0.2, -0.15) is 5.10 Å². The highest BCUT2D eigenvalue weighted by molar-refractivity contribution is 5.99. The van der Waals surface area contributed by atoms with Crippen molar-refractivity contribution >= 4 is 23.4 Å². The molecule has 0 spiro atoms. The lowest BCUT2D eigenvalue weighted by Gasteiger charge is -2.14. The van der Waals surface area contributed by atoms with Crippen LogP contribution >= 0.6 is 0 Å². The summed E-state index contributed by atoms with van der Waals surface area (Å²) in [6, 6.07) is 13.4. The monoisotopic (exact) mass is 506 g/mol. The molecule has 0 fully saturated rings. The van der Waals surface area contributed by atoms with Gasteiger partial charge in [0, 0.05) is 29.8 Å². The van der Waals surface area contributed by atoms with Gasteiger partial charge in [-0.3, -0.25) is 15.1 Å². The Bertz CT molecular complexity index is 1480. The van der Waals surface area contributed by atoms with Gasteiger partial charge >= 0.3 is 6.03 Å². The number of rotatable bonds is 6. The molecule has 190 valence electrons. The Labute approximate surface area is 211 Å². The highest BCUT2D eigenvalue weighted by Gasteiger charge is 2.22. The van der Waals surface area contributed by atoms with E-state index in [0.717, 1.165) is 6.07 Å². The number of halogens is 2. The molecule has 2 aromatic carbocycles. The number of hydrogen-bond acceptors (Lipinski definition) is 5. The van der Waals surface area contributed by atoms with Gasteiger partial charge in [0.15, 0.2) is 0 Å². The van der Waals surface area contributed by atoms with Gasteiger partial charge in [-0.25, -0.2) is 18.3 Å². The van der Waals surface area contributed by atoms with E-state index >= 15 is 0 Å². The van der Waals surface area contributed by atoms with Crippen LogP contribution in [0.2, 0.25) is 0 Å². The van der Waals surface area contributed by atoms with Crippen LogP contribution in [0.5, 0.6) is 11.5 Å². The molecule has 2 aromatic heterocycles. The number of benzene rings is 2. The Morgan fingerprint density at radius 3 is 2.41 bits per heavy atom. The van der Waals surface area contributed by atoms with Gasteiger partial charge in [0.2, 0.25) is 0 Å². The first kappa shape index (κ1) is 25.3. The largest absolute Gasteiger partial charge is 0.457 e. The lowest BCUT2D eigenvalue weighted by molar-refractivity contribution is 0.0995. The minimum atomic E-state index is -0.758. The van der Waals surface area contributed by atoms with E-state index < -0.39 is 23.6 Å². The molecule has 37 heavy (non-hydrogen) atoms. The quantitative estimate of drug-likeness (QED) is 0.324. The van der Waals surface area contributed by atoms with Crippen molar-refractivity contribution in [2.24, 2.45) is 5.73 Å². The first-order valence-corrected chi connectivity index (χ1v) is 11.2. The molecule has 0 unspecified atom stereocenters. The van der Waals surface area contributed by atoms with Crippen LogP contribution in [-0.2, 0) is 5.41 Å². The normalized spacial score (nSPS) is 11.2. The van der Waals surface area contributed by atoms with Crippen molar-refractivity contribution in [3.05, 3.63) is 89.9 Å². The number of primary amides is 1. The predicted molar refractivity (Wildman–Crippen MR) is 134 cm³/mol. The highest BCUT2D eigenvalue weighted by Crippen LogP contribution is 2.28. The number of urea groups is 1. The Hall–Kier alpha value is -4.80. The second-order valence-electron chi connectivity index (χ2n) is 9.12. The number of carbonyl (C=O) groups is 2. The number of aromatic nitrogens is 3. The molecular formula is C26H24F2N6O3. The Balaban J connectivity index is 1.51. The van der Waals surface area contributed by atoms with Gasteiger partial charge in [-0.05, 0) is 36.4 Å². The van der Waals surface area contributed by atoms with Crippen LogP contribution in [0.1, 0.15) is 37.0 Å². The van der Waals surface area contributed by atoms with Crippen molar-refractivity contribution in [2.75, 3.05) is 10.6 Å². The summed E-state index contributed by atoms with van der Waals surface area (Å²) in [7, 11) is 0. The van der Waals surface area contributed by atoms with Gasteiger partial charge < -0.3 is 15.8 Å². The molecule has 0 radical (unpaired) electrons. The summed E-state index contributed by atoms with van der Waals surface area (Å²) >= 11 is 0. The van der Waals surface area contributed by atoms with Crippen molar-refractivity contribution in [1.82, 2.24) is 14.8 Å². The average molecular weight is 507 g/mol. The van der Waals surface area contributed by atoms with Crippen LogP contribution < -0.4 is 21.1 Å². The summed E-state index contributed by atoms with van der Waals surface area (Å²) in [6.07, 6.45) is 1.34. The van der Waals surface area contributed by atoms with Crippen LogP contribution in [0.4, 0.5) is 25.1 Å². The Morgan fingerprint density at radius 2 is 1.73 bits per heavy atom. The van der Waals surface area contributed by atoms with E-state index in [1.165, 1.54) is 53.3 Å². The summed E-state index contributed by atoms with van der Waals surface area (Å²) in [5.41, 5.74) is 5.83. The number of nitrogens with two attached hydrogens (primary N) is 1. The van der Waals surface area contributed by atoms with Crippen LogP contribution in [0.3, 0.4) is 0 Å². The Morgan fingerprint density at radius 1 is 0.973 bits per heavy atom. The predicted octanol–water partition coefficient (Wildman–Crippen LogP) is 5.38. The van der Waals surface area contributed by atoms with Crippen LogP contribution in [0.15, 0.2) is 66.9 Å². The Kier molecular flexibility index (Phi) is 6.87. The van der Waals surface area contributed by atoms with Gasteiger partial charge in [0.25, 0.3) is 5.91 Å². The number of amides is 3. The van der Waals surface area contributed by atoms with Crippen molar-refractivity contribution in [2.45, 2.75) is 26.2 Å². The lowest BCUT2D eigenvalue weighted by atomic mass is 9.92. The zero-order valence-corrected chi connectivity index (χ0v) is 20.3. The fourth-order valence-electron chi connectivity index (χ4n) is 3.32. The van der Waals surface area contributed by atoms with E-state index in [1.807, 2.05) is 20.8 Å². The van der Waals surface area contributed by atoms with E-state index in [4.69, 9.17) is 10.5 Å². The molecule has 0 saturated heterocycles. The number of pyridine rings is 1. The first-order chi connectivity index (χ1) is 17.5. The van der Waals surface area contributed by atoms with E-state index in [0.29, 0.717) is 11.4 Å². The number of anilines is 2. The number of nitrogens with one attached hydrogen (secondary N) is 2. The zero-order valence-electron chi connectivity index (χ0n) is 20.3. The summed E-state index contributed by atoms with van der Waals surface area (Å²) in [4.78, 5) is 27.8. The molecule has 11 heteroatoms. The summed E-state index contributed by atoms with van der Waals surface area (Å²) < 4.78 is 35.5. The number of hydrogen-bond donors (Lipinski definition) is 3. The smallest absolute Gasteiger partial charge is 0.324 e. The minimum Gasteiger partial charge on any atom is -0.457 e. The highest BCUT2D eigenvalue weighted by atomic mass is 19.1. The maximum absolute atomic E-state index is 14.7. The maximum atomic E-state index is 14.7. The molecule has 0 aliphatic carbocycles. The molecular weight excluding hydrogens is 482 g/mol. The molecule has 0 bridgehead atoms. The minimum absolute atomic E-state index is 0.0000276. The van der Waals surface area contributed by atoms with Crippen LogP contribution in [0, 0.1) is 11.6 Å². The molecule has 2 heterocycles. The molecule has 3 amide bonds. The fraction of sp³-hybridized carbons (Fsp3) is 0.154. The van der Waals surface area contributed by atoms with E-state index in [2.05, 4.69) is 20.7 Å². The molecule has 0 atom stereocenters. The molecule has 9 nitrogen and oxygen atoms in total. The molecule has 0 aliphatic rings. The second kappa shape index (κ2) is 10.1. The molecule has 4 aromatic rings. The maximum Gasteiger partial charge on any atom is 0.324 e. The third-order valence-electron chi connectivity index (χ3n) is 5.18. The van der Waals surface area contributed by atoms with Crippen molar-refractivity contribution in [3.63, 3.8) is 0 Å². The fourth-order valence-corrected chi connectivity index (χ4v) is 3.32. The third kappa shape index (κ3) is 6.07. The van der Waals surface area contributed by atoms with Gasteiger partial charge in [-0.15, -0.1) is 0 Å². The average Bonchev–Trinajstić information content (AvgIpc) is 3.25. The SMILES string of the molecule is CC(C)(C)c1cc(NC(=O)Nc2ccc(Oc3ccnc(C(N)=O)c3)cc2F)n(-c2cccc(F)c2)n1. The summed E-state index contributed by atoms with van der Waals surface area (Å²) in [5, 5.41) is 9.61. The summed E-state index contributed by atoms with van der Waals surface area (Å²) in [5.74, 6) is -1.30. The molecule has 4 rings (SSSR count). The van der Waals surface area contributed by atoms with E-state index in [1.54, 1.807) is 12.1 Å². The number of nitrogens with zero attached hydrogens (tertiary/aromatic N) is 3. The number of carbonyl (C=O) groups excluding carboxylic acids is 2. The first-order valence-electron chi connectivity index (χ1n) is 11.2. The van der Waals surface area contributed by atoms with E-state index in [9.17, 15) is 18.4 Å². The summed E-state index contributed by atoms with van der Waals surface area (Å²) in [6.45, 7) is 5.86. The number of ether oxygens (including phenoxy) is 1. The van der Waals surface area contributed by atoms with Gasteiger partial charge in [0.1, 0.15) is 34.6 Å². The molecule has 4 N–H and O–H groups in total. The van der Waals surface area contributed by atoms with Gasteiger partial charge in [-0.1, -0.05) is 26.8 Å².